The Bertz CT molecular complexity index is 633. The molecule has 2 aliphatic rings. The monoisotopic (exact) mass is 331 g/mol. The topological polar surface area (TPSA) is 30.3 Å². The summed E-state index contributed by atoms with van der Waals surface area (Å²) in [5.74, 6) is 1.29. The second-order valence-electron chi connectivity index (χ2n) is 6.81. The Hall–Kier alpha value is -1.17. The van der Waals surface area contributed by atoms with Crippen molar-refractivity contribution in [3.63, 3.8) is 0 Å². The molecule has 4 rings (SSSR count). The summed E-state index contributed by atoms with van der Waals surface area (Å²) < 4.78 is 8.10. The number of aromatic nitrogens is 2. The first-order valence-electron chi connectivity index (χ1n) is 8.70. The van der Waals surface area contributed by atoms with Crippen LogP contribution in [0.4, 0.5) is 0 Å². The van der Waals surface area contributed by atoms with Crippen LogP contribution in [0.2, 0.25) is 0 Å². The number of nitrogens with zero attached hydrogens (tertiary/aromatic N) is 3. The van der Waals surface area contributed by atoms with E-state index in [1.54, 1.807) is 0 Å². The highest BCUT2D eigenvalue weighted by molar-refractivity contribution is 7.09. The first kappa shape index (κ1) is 15.4. The predicted molar refractivity (Wildman–Crippen MR) is 92.6 cm³/mol. The van der Waals surface area contributed by atoms with E-state index in [1.807, 2.05) is 11.3 Å². The molecule has 0 bridgehead atoms. The second kappa shape index (κ2) is 6.75. The van der Waals surface area contributed by atoms with Crippen LogP contribution in [-0.4, -0.2) is 34.4 Å². The minimum Gasteiger partial charge on any atom is -0.380 e. The highest BCUT2D eigenvalue weighted by Gasteiger charge is 2.29. The van der Waals surface area contributed by atoms with Gasteiger partial charge in [-0.25, -0.2) is 0 Å². The SMILES string of the molecule is CCn1cc2c(n1)CN(Cc1cccs1)C[C@@H]2COCC1CC1. The molecule has 1 saturated carbocycles. The van der Waals surface area contributed by atoms with Gasteiger partial charge in [-0.1, -0.05) is 6.07 Å². The van der Waals surface area contributed by atoms with Crippen LogP contribution in [0.1, 0.15) is 41.8 Å². The molecule has 0 aromatic carbocycles. The van der Waals surface area contributed by atoms with Crippen LogP contribution < -0.4 is 0 Å². The standard InChI is InChI=1S/C18H25N3OS/c1-2-21-10-17-15(13-22-12-14-5-6-14)8-20(11-18(17)19-21)9-16-4-3-7-23-16/h3-4,7,10,14-15H,2,5-6,8-9,11-13H2,1H3/t15-/m1/s1. The van der Waals surface area contributed by atoms with Crippen LogP contribution in [-0.2, 0) is 24.4 Å². The molecule has 0 amide bonds. The molecule has 3 heterocycles. The molecule has 1 aliphatic carbocycles. The van der Waals surface area contributed by atoms with Crippen LogP contribution >= 0.6 is 11.3 Å². The van der Waals surface area contributed by atoms with Gasteiger partial charge in [0.05, 0.1) is 12.3 Å². The number of fused-ring (bicyclic) bond motifs is 1. The summed E-state index contributed by atoms with van der Waals surface area (Å²) in [6, 6.07) is 4.36. The van der Waals surface area contributed by atoms with Crippen molar-refractivity contribution in [3.8, 4) is 0 Å². The molecule has 0 radical (unpaired) electrons. The van der Waals surface area contributed by atoms with Gasteiger partial charge in [0.1, 0.15) is 0 Å². The third kappa shape index (κ3) is 3.67. The quantitative estimate of drug-likeness (QED) is 0.778. The van der Waals surface area contributed by atoms with Gasteiger partial charge in [0.25, 0.3) is 0 Å². The second-order valence-corrected chi connectivity index (χ2v) is 7.85. The first-order chi connectivity index (χ1) is 11.3. The molecular weight excluding hydrogens is 306 g/mol. The molecule has 1 atom stereocenters. The molecular formula is C18H25N3OS. The van der Waals surface area contributed by atoms with E-state index in [-0.39, 0.29) is 0 Å². The lowest BCUT2D eigenvalue weighted by atomic mass is 9.95. The zero-order chi connectivity index (χ0) is 15.6. The largest absolute Gasteiger partial charge is 0.380 e. The number of aryl methyl sites for hydroxylation is 1. The lowest BCUT2D eigenvalue weighted by molar-refractivity contribution is 0.0892. The molecule has 0 spiro atoms. The summed E-state index contributed by atoms with van der Waals surface area (Å²) in [5, 5.41) is 6.94. The zero-order valence-corrected chi connectivity index (χ0v) is 14.6. The Balaban J connectivity index is 1.46. The van der Waals surface area contributed by atoms with E-state index < -0.39 is 0 Å². The smallest absolute Gasteiger partial charge is 0.0801 e. The van der Waals surface area contributed by atoms with Crippen LogP contribution in [0, 0.1) is 5.92 Å². The van der Waals surface area contributed by atoms with E-state index >= 15 is 0 Å². The van der Waals surface area contributed by atoms with Crippen molar-refractivity contribution < 1.29 is 4.74 Å². The van der Waals surface area contributed by atoms with E-state index in [9.17, 15) is 0 Å². The molecule has 1 aliphatic heterocycles. The Labute approximate surface area is 142 Å². The molecule has 0 saturated heterocycles. The van der Waals surface area contributed by atoms with E-state index in [2.05, 4.69) is 40.2 Å². The van der Waals surface area contributed by atoms with Gasteiger partial charge < -0.3 is 4.74 Å². The number of rotatable bonds is 7. The predicted octanol–water partition coefficient (Wildman–Crippen LogP) is 3.49. The minimum absolute atomic E-state index is 0.456. The molecule has 0 N–H and O–H groups in total. The van der Waals surface area contributed by atoms with E-state index in [0.29, 0.717) is 5.92 Å². The maximum atomic E-state index is 6.02. The number of thiophene rings is 1. The molecule has 0 unspecified atom stereocenters. The normalized spacial score (nSPS) is 21.5. The fourth-order valence-electron chi connectivity index (χ4n) is 3.34. The molecule has 2 aromatic heterocycles. The summed E-state index contributed by atoms with van der Waals surface area (Å²) in [7, 11) is 0. The van der Waals surface area contributed by atoms with Crippen molar-refractivity contribution in [1.82, 2.24) is 14.7 Å². The van der Waals surface area contributed by atoms with Crippen LogP contribution in [0.15, 0.2) is 23.7 Å². The molecule has 23 heavy (non-hydrogen) atoms. The van der Waals surface area contributed by atoms with E-state index in [0.717, 1.165) is 45.3 Å². The molecule has 5 heteroatoms. The van der Waals surface area contributed by atoms with Crippen molar-refractivity contribution >= 4 is 11.3 Å². The summed E-state index contributed by atoms with van der Waals surface area (Å²) in [6.45, 7) is 7.92. The van der Waals surface area contributed by atoms with Gasteiger partial charge in [-0.05, 0) is 37.1 Å². The molecule has 2 aromatic rings. The highest BCUT2D eigenvalue weighted by atomic mass is 32.1. The fourth-order valence-corrected chi connectivity index (χ4v) is 4.08. The number of ether oxygens (including phenoxy) is 1. The minimum atomic E-state index is 0.456. The number of hydrogen-bond acceptors (Lipinski definition) is 4. The maximum Gasteiger partial charge on any atom is 0.0801 e. The third-order valence-corrected chi connectivity index (χ3v) is 5.68. The average Bonchev–Trinajstić information content (AvgIpc) is 3.06. The Morgan fingerprint density at radius 3 is 3.00 bits per heavy atom. The Morgan fingerprint density at radius 2 is 2.26 bits per heavy atom. The van der Waals surface area contributed by atoms with Crippen molar-refractivity contribution in [2.45, 2.75) is 45.3 Å². The summed E-state index contributed by atoms with van der Waals surface area (Å²) in [4.78, 5) is 3.95. The summed E-state index contributed by atoms with van der Waals surface area (Å²) in [6.07, 6.45) is 4.95. The van der Waals surface area contributed by atoms with Gasteiger partial charge in [0.15, 0.2) is 0 Å². The lowest BCUT2D eigenvalue weighted by Crippen LogP contribution is -2.34. The maximum absolute atomic E-state index is 6.02. The first-order valence-corrected chi connectivity index (χ1v) is 9.58. The van der Waals surface area contributed by atoms with Crippen LogP contribution in [0.3, 0.4) is 0 Å². The fraction of sp³-hybridized carbons (Fsp3) is 0.611. The van der Waals surface area contributed by atoms with Gasteiger partial charge in [-0.3, -0.25) is 9.58 Å². The van der Waals surface area contributed by atoms with Gasteiger partial charge >= 0.3 is 0 Å². The van der Waals surface area contributed by atoms with Gasteiger partial charge in [0.2, 0.25) is 0 Å². The van der Waals surface area contributed by atoms with E-state index in [4.69, 9.17) is 9.84 Å². The van der Waals surface area contributed by atoms with E-state index in [1.165, 1.54) is 29.0 Å². The van der Waals surface area contributed by atoms with Gasteiger partial charge in [-0.15, -0.1) is 11.3 Å². The number of hydrogen-bond donors (Lipinski definition) is 0. The lowest BCUT2D eigenvalue weighted by Gasteiger charge is -2.31. The zero-order valence-electron chi connectivity index (χ0n) is 13.8. The van der Waals surface area contributed by atoms with Crippen LogP contribution in [0.5, 0.6) is 0 Å². The van der Waals surface area contributed by atoms with Crippen molar-refractivity contribution in [3.05, 3.63) is 39.8 Å². The molecule has 4 nitrogen and oxygen atoms in total. The molecule has 1 fully saturated rings. The third-order valence-electron chi connectivity index (χ3n) is 4.82. The Kier molecular flexibility index (Phi) is 4.51. The summed E-state index contributed by atoms with van der Waals surface area (Å²) >= 11 is 1.84. The summed E-state index contributed by atoms with van der Waals surface area (Å²) in [5.41, 5.74) is 2.65. The van der Waals surface area contributed by atoms with Crippen molar-refractivity contribution in [2.75, 3.05) is 19.8 Å². The van der Waals surface area contributed by atoms with Crippen LogP contribution in [0.25, 0.3) is 0 Å². The van der Waals surface area contributed by atoms with Gasteiger partial charge in [-0.2, -0.15) is 5.10 Å². The average molecular weight is 331 g/mol. The van der Waals surface area contributed by atoms with Crippen molar-refractivity contribution in [1.29, 1.82) is 0 Å². The highest BCUT2D eigenvalue weighted by Crippen LogP contribution is 2.32. The molecule has 124 valence electrons. The van der Waals surface area contributed by atoms with Gasteiger partial charge in [0, 0.05) is 55.3 Å². The van der Waals surface area contributed by atoms with Crippen molar-refractivity contribution in [2.24, 2.45) is 5.92 Å². The Morgan fingerprint density at radius 1 is 1.35 bits per heavy atom.